The fourth-order valence-corrected chi connectivity index (χ4v) is 7.07. The molecule has 0 heterocycles. The highest BCUT2D eigenvalue weighted by molar-refractivity contribution is 5.87. The number of allylic oxidation sites excluding steroid dienone is 1. The van der Waals surface area contributed by atoms with E-state index in [-0.39, 0.29) is 5.41 Å². The summed E-state index contributed by atoms with van der Waals surface area (Å²) < 4.78 is 12.0. The summed E-state index contributed by atoms with van der Waals surface area (Å²) in [5.41, 5.74) is 3.82. The Balaban J connectivity index is 1.44. The molecule has 168 valence electrons. The first-order valence-electron chi connectivity index (χ1n) is 12.1. The van der Waals surface area contributed by atoms with Crippen molar-refractivity contribution in [3.05, 3.63) is 71.8 Å². The van der Waals surface area contributed by atoms with Crippen LogP contribution in [0.5, 0.6) is 11.5 Å². The molecule has 0 N–H and O–H groups in total. The molecule has 3 heteroatoms. The number of fused-ring (bicyclic) bond motifs is 5. The lowest BCUT2D eigenvalue weighted by molar-refractivity contribution is -0.129. The number of hydrogen-bond acceptors (Lipinski definition) is 3. The largest absolute Gasteiger partial charge is 0.493 e. The third-order valence-electron chi connectivity index (χ3n) is 8.56. The van der Waals surface area contributed by atoms with Gasteiger partial charge < -0.3 is 9.47 Å². The molecular weight excluding hydrogens is 396 g/mol. The van der Waals surface area contributed by atoms with Crippen molar-refractivity contribution >= 4 is 5.78 Å². The number of ether oxygens (including phenoxy) is 2. The smallest absolute Gasteiger partial charge is 0.161 e. The Labute approximate surface area is 191 Å². The van der Waals surface area contributed by atoms with Gasteiger partial charge in [0.15, 0.2) is 11.5 Å². The molecule has 0 saturated heterocycles. The number of rotatable bonds is 6. The third kappa shape index (κ3) is 3.46. The number of ketones is 1. The van der Waals surface area contributed by atoms with Crippen molar-refractivity contribution in [1.82, 2.24) is 0 Å². The van der Waals surface area contributed by atoms with Gasteiger partial charge in [-0.05, 0) is 84.6 Å². The molecule has 0 spiro atoms. The molecule has 2 fully saturated rings. The van der Waals surface area contributed by atoms with Crippen molar-refractivity contribution in [2.45, 2.75) is 58.0 Å². The highest BCUT2D eigenvalue weighted by atomic mass is 16.5. The van der Waals surface area contributed by atoms with Gasteiger partial charge in [0.05, 0.1) is 7.11 Å². The third-order valence-corrected chi connectivity index (χ3v) is 8.56. The molecule has 3 aliphatic rings. The first-order valence-corrected chi connectivity index (χ1v) is 12.1. The number of aryl methyl sites for hydroxylation is 1. The van der Waals surface area contributed by atoms with Crippen molar-refractivity contribution in [2.75, 3.05) is 7.11 Å². The summed E-state index contributed by atoms with van der Waals surface area (Å²) in [5, 5.41) is 0. The van der Waals surface area contributed by atoms with Crippen LogP contribution in [0, 0.1) is 23.2 Å². The maximum Gasteiger partial charge on any atom is 0.161 e. The Bertz CT molecular complexity index is 1010. The van der Waals surface area contributed by atoms with Crippen LogP contribution in [0.4, 0.5) is 0 Å². The molecule has 2 aromatic carbocycles. The van der Waals surface area contributed by atoms with E-state index in [0.29, 0.717) is 36.1 Å². The van der Waals surface area contributed by atoms with Crippen LogP contribution < -0.4 is 9.47 Å². The first kappa shape index (κ1) is 21.3. The quantitative estimate of drug-likeness (QED) is 0.491. The highest BCUT2D eigenvalue weighted by Gasteiger charge is 2.58. The van der Waals surface area contributed by atoms with Gasteiger partial charge in [0.2, 0.25) is 0 Å². The molecule has 0 aromatic heterocycles. The van der Waals surface area contributed by atoms with Gasteiger partial charge in [0, 0.05) is 11.8 Å². The Hall–Kier alpha value is -2.55. The highest BCUT2D eigenvalue weighted by Crippen LogP contribution is 2.62. The molecule has 5 rings (SSSR count). The number of Topliss-reactive ketones (excluding diaryl/α,β-unsaturated/α-hetero) is 1. The summed E-state index contributed by atoms with van der Waals surface area (Å²) in [4.78, 5) is 13.0. The lowest BCUT2D eigenvalue weighted by Gasteiger charge is -2.50. The Kier molecular flexibility index (Phi) is 5.61. The number of carbonyl (C=O) groups excluding carboxylic acids is 1. The van der Waals surface area contributed by atoms with E-state index in [9.17, 15) is 4.79 Å². The van der Waals surface area contributed by atoms with Crippen molar-refractivity contribution in [1.29, 1.82) is 0 Å². The average molecular weight is 431 g/mol. The zero-order chi connectivity index (χ0) is 22.3. The van der Waals surface area contributed by atoms with Gasteiger partial charge in [0.25, 0.3) is 0 Å². The zero-order valence-corrected chi connectivity index (χ0v) is 19.3. The number of benzene rings is 2. The molecular formula is C29H34O3. The summed E-state index contributed by atoms with van der Waals surface area (Å²) in [6.45, 7) is 6.76. The maximum absolute atomic E-state index is 13.0. The predicted molar refractivity (Wildman–Crippen MR) is 127 cm³/mol. The van der Waals surface area contributed by atoms with Crippen molar-refractivity contribution in [3.8, 4) is 11.5 Å². The van der Waals surface area contributed by atoms with Crippen LogP contribution in [-0.4, -0.2) is 12.9 Å². The number of carbonyl (C=O) groups is 1. The lowest BCUT2D eigenvalue weighted by Crippen LogP contribution is -2.44. The molecule has 2 aromatic rings. The fraction of sp³-hybridized carbons (Fsp3) is 0.483. The molecule has 0 aliphatic heterocycles. The Morgan fingerprint density at radius 3 is 2.72 bits per heavy atom. The van der Waals surface area contributed by atoms with E-state index in [4.69, 9.17) is 9.47 Å². The van der Waals surface area contributed by atoms with Gasteiger partial charge in [-0.3, -0.25) is 4.79 Å². The van der Waals surface area contributed by atoms with E-state index >= 15 is 0 Å². The van der Waals surface area contributed by atoms with E-state index < -0.39 is 0 Å². The first-order chi connectivity index (χ1) is 15.5. The monoisotopic (exact) mass is 430 g/mol. The second-order valence-electron chi connectivity index (χ2n) is 10.2. The molecule has 32 heavy (non-hydrogen) atoms. The van der Waals surface area contributed by atoms with Crippen LogP contribution in [0.1, 0.15) is 61.6 Å². The Morgan fingerprint density at radius 2 is 1.97 bits per heavy atom. The van der Waals surface area contributed by atoms with Gasteiger partial charge in [-0.2, -0.15) is 0 Å². The van der Waals surface area contributed by atoms with Gasteiger partial charge in [-0.1, -0.05) is 43.3 Å². The van der Waals surface area contributed by atoms with Gasteiger partial charge in [-0.15, -0.1) is 6.58 Å². The Morgan fingerprint density at radius 1 is 1.16 bits per heavy atom. The molecule has 0 bridgehead atoms. The van der Waals surface area contributed by atoms with Crippen molar-refractivity contribution in [3.63, 3.8) is 0 Å². The van der Waals surface area contributed by atoms with Gasteiger partial charge in [0.1, 0.15) is 12.4 Å². The minimum absolute atomic E-state index is 0.144. The number of methoxy groups -OCH3 is 1. The summed E-state index contributed by atoms with van der Waals surface area (Å²) in [5.74, 6) is 4.13. The van der Waals surface area contributed by atoms with E-state index in [1.54, 1.807) is 7.11 Å². The minimum atomic E-state index is -0.144. The summed E-state index contributed by atoms with van der Waals surface area (Å²) in [6, 6.07) is 14.7. The SMILES string of the molecule is C=CC[C@@H]1CC(=O)[C@@]2(C)CC[C@@H]3c4cc(OC)c(OCc5ccccc5)cc4CC[C@H]3[C@H]12. The molecule has 5 atom stereocenters. The van der Waals surface area contributed by atoms with E-state index in [0.717, 1.165) is 55.6 Å². The average Bonchev–Trinajstić information content (AvgIpc) is 3.07. The molecule has 2 saturated carbocycles. The number of hydrogen-bond donors (Lipinski definition) is 0. The topological polar surface area (TPSA) is 35.5 Å². The zero-order valence-electron chi connectivity index (χ0n) is 19.3. The lowest BCUT2D eigenvalue weighted by atomic mass is 9.54. The van der Waals surface area contributed by atoms with Crippen LogP contribution in [0.3, 0.4) is 0 Å². The summed E-state index contributed by atoms with van der Waals surface area (Å²) >= 11 is 0. The maximum atomic E-state index is 13.0. The second kappa shape index (κ2) is 8.42. The predicted octanol–water partition coefficient (Wildman–Crippen LogP) is 6.50. The van der Waals surface area contributed by atoms with Gasteiger partial charge >= 0.3 is 0 Å². The molecule has 0 amide bonds. The van der Waals surface area contributed by atoms with Crippen LogP contribution >= 0.6 is 0 Å². The van der Waals surface area contributed by atoms with Crippen molar-refractivity contribution in [2.24, 2.45) is 23.2 Å². The molecule has 0 unspecified atom stereocenters. The van der Waals surface area contributed by atoms with Crippen LogP contribution in [0.15, 0.2) is 55.1 Å². The van der Waals surface area contributed by atoms with E-state index in [1.165, 1.54) is 11.1 Å². The summed E-state index contributed by atoms with van der Waals surface area (Å²) in [7, 11) is 1.73. The minimum Gasteiger partial charge on any atom is -0.493 e. The summed E-state index contributed by atoms with van der Waals surface area (Å²) in [6.07, 6.45) is 8.00. The van der Waals surface area contributed by atoms with Crippen LogP contribution in [0.25, 0.3) is 0 Å². The normalized spacial score (nSPS) is 30.8. The van der Waals surface area contributed by atoms with Gasteiger partial charge in [-0.25, -0.2) is 0 Å². The second-order valence-corrected chi connectivity index (χ2v) is 10.2. The standard InChI is InChI=1S/C29H34O3/c1-4-8-21-16-27(30)29(2)14-13-22-23(28(21)29)12-11-20-15-26(25(31-3)17-24(20)22)32-18-19-9-6-5-7-10-19/h4-7,9-10,15,17,21-23,28H,1,8,11-14,16,18H2,2-3H3/t21-,22+,23-,28+,29-/m1/s1. The van der Waals surface area contributed by atoms with Crippen LogP contribution in [-0.2, 0) is 17.8 Å². The molecule has 3 nitrogen and oxygen atoms in total. The fourth-order valence-electron chi connectivity index (χ4n) is 7.07. The van der Waals surface area contributed by atoms with Crippen molar-refractivity contribution < 1.29 is 14.3 Å². The van der Waals surface area contributed by atoms with E-state index in [2.05, 4.69) is 37.8 Å². The molecule has 3 aliphatic carbocycles. The van der Waals surface area contributed by atoms with Crippen LogP contribution in [0.2, 0.25) is 0 Å². The molecule has 0 radical (unpaired) electrons. The van der Waals surface area contributed by atoms with E-state index in [1.807, 2.05) is 24.3 Å².